The lowest BCUT2D eigenvalue weighted by Gasteiger charge is -2.28. The van der Waals surface area contributed by atoms with Crippen LogP contribution in [0.1, 0.15) is 31.2 Å². The van der Waals surface area contributed by atoms with Crippen molar-refractivity contribution in [2.75, 3.05) is 0 Å². The molecule has 3 rings (SSSR count). The molecule has 0 amide bonds. The highest BCUT2D eigenvalue weighted by molar-refractivity contribution is 7.86. The van der Waals surface area contributed by atoms with Crippen LogP contribution in [-0.2, 0) is 21.3 Å². The number of rotatable bonds is 5. The Kier molecular flexibility index (Phi) is 4.91. The molecule has 0 radical (unpaired) electrons. The molecule has 2 aromatic rings. The minimum Gasteiger partial charge on any atom is -0.487 e. The summed E-state index contributed by atoms with van der Waals surface area (Å²) >= 11 is 0. The van der Waals surface area contributed by atoms with E-state index in [1.807, 2.05) is 20.2 Å². The van der Waals surface area contributed by atoms with E-state index in [0.717, 1.165) is 24.2 Å². The molecule has 0 aliphatic heterocycles. The van der Waals surface area contributed by atoms with Crippen molar-refractivity contribution in [1.29, 1.82) is 0 Å². The Morgan fingerprint density at radius 2 is 1.71 bits per heavy atom. The highest BCUT2D eigenvalue weighted by atomic mass is 32.2. The van der Waals surface area contributed by atoms with Crippen molar-refractivity contribution in [3.63, 3.8) is 0 Å². The molecule has 1 saturated carbocycles. The van der Waals surface area contributed by atoms with Crippen LogP contribution in [-0.4, -0.2) is 30.4 Å². The first-order valence-corrected chi connectivity index (χ1v) is 9.48. The highest BCUT2D eigenvalue weighted by Crippen LogP contribution is 2.27. The predicted octanol–water partition coefficient (Wildman–Crippen LogP) is 2.82. The third-order valence-electron chi connectivity index (χ3n) is 4.18. The average Bonchev–Trinajstić information content (AvgIpc) is 2.94. The van der Waals surface area contributed by atoms with Crippen LogP contribution in [0.5, 0.6) is 5.75 Å². The van der Waals surface area contributed by atoms with Gasteiger partial charge < -0.3 is 4.74 Å². The molecule has 7 heteroatoms. The molecule has 0 N–H and O–H groups in total. The Labute approximate surface area is 142 Å². The van der Waals surface area contributed by atoms with Crippen molar-refractivity contribution in [1.82, 2.24) is 9.78 Å². The Hall–Kier alpha value is -1.86. The number of hydrogen-bond donors (Lipinski definition) is 0. The molecule has 1 fully saturated rings. The van der Waals surface area contributed by atoms with E-state index in [0.29, 0.717) is 12.8 Å². The van der Waals surface area contributed by atoms with Crippen LogP contribution >= 0.6 is 0 Å². The maximum atomic E-state index is 12.3. The molecular formula is C17H22N2O4S. The summed E-state index contributed by atoms with van der Waals surface area (Å²) in [5.74, 6) is 0.745. The average molecular weight is 350 g/mol. The minimum atomic E-state index is -3.70. The summed E-state index contributed by atoms with van der Waals surface area (Å²) in [4.78, 5) is 0.210. The summed E-state index contributed by atoms with van der Waals surface area (Å²) in [5.41, 5.74) is 1.02. The fraction of sp³-hybridized carbons (Fsp3) is 0.471. The Balaban J connectivity index is 1.54. The largest absolute Gasteiger partial charge is 0.487 e. The maximum Gasteiger partial charge on any atom is 0.297 e. The quantitative estimate of drug-likeness (QED) is 0.776. The van der Waals surface area contributed by atoms with Crippen LogP contribution in [0.15, 0.2) is 41.6 Å². The Bertz CT molecular complexity index is 775. The summed E-state index contributed by atoms with van der Waals surface area (Å²) in [7, 11) is -1.86. The van der Waals surface area contributed by atoms with Crippen LogP contribution in [0.4, 0.5) is 0 Å². The van der Waals surface area contributed by atoms with Crippen molar-refractivity contribution in [3.05, 3.63) is 42.2 Å². The first-order chi connectivity index (χ1) is 11.4. The van der Waals surface area contributed by atoms with E-state index in [2.05, 4.69) is 5.10 Å². The fourth-order valence-electron chi connectivity index (χ4n) is 2.84. The van der Waals surface area contributed by atoms with Crippen LogP contribution in [0.2, 0.25) is 0 Å². The van der Waals surface area contributed by atoms with Gasteiger partial charge in [-0.05, 0) is 44.7 Å². The van der Waals surface area contributed by atoms with Crippen molar-refractivity contribution in [3.8, 4) is 5.75 Å². The van der Waals surface area contributed by atoms with Crippen LogP contribution in [0.3, 0.4) is 0 Å². The molecule has 1 aliphatic rings. The smallest absolute Gasteiger partial charge is 0.297 e. The molecule has 1 aliphatic carbocycles. The number of ether oxygens (including phenoxy) is 1. The number of aromatic nitrogens is 2. The first kappa shape index (κ1) is 17.0. The van der Waals surface area contributed by atoms with Crippen LogP contribution in [0, 0.1) is 6.92 Å². The van der Waals surface area contributed by atoms with Gasteiger partial charge in [0.15, 0.2) is 5.75 Å². The van der Waals surface area contributed by atoms with E-state index in [1.165, 1.54) is 0 Å². The normalized spacial score (nSPS) is 21.6. The second kappa shape index (κ2) is 6.94. The molecule has 1 aromatic heterocycles. The van der Waals surface area contributed by atoms with Crippen molar-refractivity contribution in [2.45, 2.75) is 49.7 Å². The van der Waals surface area contributed by atoms with E-state index in [9.17, 15) is 8.42 Å². The van der Waals surface area contributed by atoms with Gasteiger partial charge in [-0.3, -0.25) is 8.86 Å². The molecule has 0 spiro atoms. The molecule has 0 atom stereocenters. The summed E-state index contributed by atoms with van der Waals surface area (Å²) in [6.45, 7) is 1.92. The lowest BCUT2D eigenvalue weighted by molar-refractivity contribution is 0.0841. The van der Waals surface area contributed by atoms with E-state index in [-0.39, 0.29) is 17.1 Å². The van der Waals surface area contributed by atoms with Gasteiger partial charge in [-0.25, -0.2) is 0 Å². The molecule has 0 saturated heterocycles. The topological polar surface area (TPSA) is 70.4 Å². The molecule has 0 bridgehead atoms. The zero-order valence-corrected chi connectivity index (χ0v) is 14.7. The van der Waals surface area contributed by atoms with Crippen molar-refractivity contribution in [2.24, 2.45) is 7.05 Å². The summed E-state index contributed by atoms with van der Waals surface area (Å²) in [5, 5.41) is 4.07. The molecular weight excluding hydrogens is 328 g/mol. The molecule has 0 unspecified atom stereocenters. The van der Waals surface area contributed by atoms with E-state index in [1.54, 1.807) is 35.1 Å². The first-order valence-electron chi connectivity index (χ1n) is 8.07. The highest BCUT2D eigenvalue weighted by Gasteiger charge is 2.28. The van der Waals surface area contributed by atoms with Gasteiger partial charge in [0, 0.05) is 7.05 Å². The van der Waals surface area contributed by atoms with Crippen LogP contribution < -0.4 is 4.74 Å². The lowest BCUT2D eigenvalue weighted by atomic mass is 9.95. The third kappa shape index (κ3) is 4.15. The maximum absolute atomic E-state index is 12.3. The molecule has 24 heavy (non-hydrogen) atoms. The lowest BCUT2D eigenvalue weighted by Crippen LogP contribution is -2.29. The van der Waals surface area contributed by atoms with Gasteiger partial charge in [-0.1, -0.05) is 17.7 Å². The van der Waals surface area contributed by atoms with E-state index in [4.69, 9.17) is 8.92 Å². The zero-order valence-electron chi connectivity index (χ0n) is 13.9. The molecule has 1 aromatic carbocycles. The van der Waals surface area contributed by atoms with Gasteiger partial charge in [-0.2, -0.15) is 13.5 Å². The summed E-state index contributed by atoms with van der Waals surface area (Å²) < 4.78 is 37.6. The van der Waals surface area contributed by atoms with Gasteiger partial charge in [0.1, 0.15) is 0 Å². The Morgan fingerprint density at radius 1 is 1.08 bits per heavy atom. The number of hydrogen-bond acceptors (Lipinski definition) is 5. The number of benzene rings is 1. The number of nitrogens with zero attached hydrogens (tertiary/aromatic N) is 2. The van der Waals surface area contributed by atoms with E-state index < -0.39 is 10.1 Å². The standard InChI is InChI=1S/C17H22N2O4S/c1-13-3-9-17(10-4-13)24(20,21)23-15-7-5-14(6-8-15)22-16-11-18-19(2)12-16/h3-4,9-12,14-15H,5-8H2,1-2H3/t14-,15-. The Morgan fingerprint density at radius 3 is 2.29 bits per heavy atom. The fourth-order valence-corrected chi connectivity index (χ4v) is 3.97. The summed E-state index contributed by atoms with van der Waals surface area (Å²) in [6.07, 6.45) is 6.16. The van der Waals surface area contributed by atoms with Crippen molar-refractivity contribution < 1.29 is 17.3 Å². The van der Waals surface area contributed by atoms with Crippen molar-refractivity contribution >= 4 is 10.1 Å². The molecule has 6 nitrogen and oxygen atoms in total. The van der Waals surface area contributed by atoms with Gasteiger partial charge in [-0.15, -0.1) is 0 Å². The SMILES string of the molecule is Cc1ccc(S(=O)(=O)O[C@H]2CC[C@H](Oc3cnn(C)c3)CC2)cc1. The molecule has 1 heterocycles. The summed E-state index contributed by atoms with van der Waals surface area (Å²) in [6, 6.07) is 6.72. The molecule has 130 valence electrons. The predicted molar refractivity (Wildman–Crippen MR) is 89.3 cm³/mol. The monoisotopic (exact) mass is 350 g/mol. The van der Waals surface area contributed by atoms with E-state index >= 15 is 0 Å². The van der Waals surface area contributed by atoms with Gasteiger partial charge in [0.25, 0.3) is 10.1 Å². The van der Waals surface area contributed by atoms with Gasteiger partial charge in [0.2, 0.25) is 0 Å². The zero-order chi connectivity index (χ0) is 17.2. The van der Waals surface area contributed by atoms with Gasteiger partial charge in [0.05, 0.1) is 29.5 Å². The second-order valence-corrected chi connectivity index (χ2v) is 7.80. The number of aryl methyl sites for hydroxylation is 2. The third-order valence-corrected chi connectivity index (χ3v) is 5.55. The minimum absolute atomic E-state index is 0.0797. The van der Waals surface area contributed by atoms with Crippen LogP contribution in [0.25, 0.3) is 0 Å². The van der Waals surface area contributed by atoms with Gasteiger partial charge >= 0.3 is 0 Å². The second-order valence-electron chi connectivity index (χ2n) is 6.23.